The van der Waals surface area contributed by atoms with Crippen molar-refractivity contribution in [2.75, 3.05) is 0 Å². The molecule has 2 aliphatic rings. The summed E-state index contributed by atoms with van der Waals surface area (Å²) in [6.45, 7) is 4.36. The molecule has 0 saturated heterocycles. The van der Waals surface area contributed by atoms with Crippen molar-refractivity contribution in [1.29, 1.82) is 0 Å². The lowest BCUT2D eigenvalue weighted by Gasteiger charge is -2.10. The van der Waals surface area contributed by atoms with Crippen LogP contribution in [0.3, 0.4) is 0 Å². The van der Waals surface area contributed by atoms with Crippen molar-refractivity contribution in [3.8, 4) is 0 Å². The zero-order valence-corrected chi connectivity index (χ0v) is 8.25. The van der Waals surface area contributed by atoms with Gasteiger partial charge in [-0.25, -0.2) is 0 Å². The molecule has 1 heterocycles. The zero-order chi connectivity index (χ0) is 9.26. The molecule has 13 heavy (non-hydrogen) atoms. The lowest BCUT2D eigenvalue weighted by molar-refractivity contribution is 0.770. The van der Waals surface area contributed by atoms with Crippen molar-refractivity contribution in [2.45, 2.75) is 26.7 Å². The van der Waals surface area contributed by atoms with Crippen LogP contribution in [-0.2, 0) is 0 Å². The van der Waals surface area contributed by atoms with Crippen molar-refractivity contribution >= 4 is 5.71 Å². The van der Waals surface area contributed by atoms with Crippen molar-refractivity contribution in [3.63, 3.8) is 0 Å². The highest BCUT2D eigenvalue weighted by Gasteiger charge is 2.15. The predicted octanol–water partition coefficient (Wildman–Crippen LogP) is 3.26. The van der Waals surface area contributed by atoms with E-state index in [0.717, 1.165) is 12.1 Å². The van der Waals surface area contributed by atoms with Gasteiger partial charge in [-0.15, -0.1) is 0 Å². The molecule has 0 saturated carbocycles. The van der Waals surface area contributed by atoms with Crippen LogP contribution in [0, 0.1) is 5.92 Å². The standard InChI is InChI=1S/C12H15N/c1-3-9-5-6-12-10(7-9)8-11(4-2)13-12/h5-9H,3-4H2,1-2H3. The summed E-state index contributed by atoms with van der Waals surface area (Å²) in [6, 6.07) is 0. The van der Waals surface area contributed by atoms with Gasteiger partial charge in [-0.3, -0.25) is 4.99 Å². The van der Waals surface area contributed by atoms with Gasteiger partial charge in [-0.1, -0.05) is 26.0 Å². The van der Waals surface area contributed by atoms with Gasteiger partial charge in [-0.2, -0.15) is 0 Å². The molecule has 2 rings (SSSR count). The number of nitrogens with zero attached hydrogens (tertiary/aromatic N) is 1. The first-order chi connectivity index (χ1) is 6.33. The highest BCUT2D eigenvalue weighted by atomic mass is 14.8. The number of aliphatic imine (C=N–C) groups is 1. The first-order valence-electron chi connectivity index (χ1n) is 5.03. The van der Waals surface area contributed by atoms with Gasteiger partial charge in [0.15, 0.2) is 0 Å². The Kier molecular flexibility index (Phi) is 2.17. The lowest BCUT2D eigenvalue weighted by Crippen LogP contribution is -2.03. The van der Waals surface area contributed by atoms with Crippen LogP contribution in [0.5, 0.6) is 0 Å². The van der Waals surface area contributed by atoms with E-state index in [4.69, 9.17) is 0 Å². The molecule has 0 aromatic heterocycles. The maximum Gasteiger partial charge on any atom is 0.0699 e. The molecule has 0 N–H and O–H groups in total. The van der Waals surface area contributed by atoms with E-state index in [-0.39, 0.29) is 0 Å². The minimum absolute atomic E-state index is 0.612. The fourth-order valence-corrected chi connectivity index (χ4v) is 1.71. The van der Waals surface area contributed by atoms with E-state index in [1.54, 1.807) is 0 Å². The summed E-state index contributed by atoms with van der Waals surface area (Å²) in [7, 11) is 0. The Hall–Kier alpha value is -1.11. The maximum atomic E-state index is 4.52. The van der Waals surface area contributed by atoms with Gasteiger partial charge in [0, 0.05) is 5.70 Å². The van der Waals surface area contributed by atoms with Crippen LogP contribution in [0.2, 0.25) is 0 Å². The number of hydrogen-bond acceptors (Lipinski definition) is 1. The van der Waals surface area contributed by atoms with Gasteiger partial charge in [0.25, 0.3) is 0 Å². The monoisotopic (exact) mass is 173 g/mol. The van der Waals surface area contributed by atoms with Gasteiger partial charge in [0.1, 0.15) is 0 Å². The van der Waals surface area contributed by atoms with Crippen molar-refractivity contribution in [3.05, 3.63) is 35.6 Å². The quantitative estimate of drug-likeness (QED) is 0.607. The second-order valence-electron chi connectivity index (χ2n) is 3.54. The molecule has 0 fully saturated rings. The van der Waals surface area contributed by atoms with Gasteiger partial charge < -0.3 is 0 Å². The SMILES string of the molecule is CCC1=CC2=CC(CC)C=CC2=N1. The highest BCUT2D eigenvalue weighted by Crippen LogP contribution is 2.25. The Bertz CT molecular complexity index is 329. The minimum atomic E-state index is 0.612. The molecule has 0 amide bonds. The molecule has 0 aromatic rings. The molecule has 1 unspecified atom stereocenters. The number of fused-ring (bicyclic) bond motifs is 1. The molecule has 0 aromatic carbocycles. The Morgan fingerprint density at radius 2 is 2.23 bits per heavy atom. The van der Waals surface area contributed by atoms with E-state index in [9.17, 15) is 0 Å². The first kappa shape index (κ1) is 8.49. The maximum absolute atomic E-state index is 4.52. The third kappa shape index (κ3) is 1.51. The summed E-state index contributed by atoms with van der Waals surface area (Å²) in [5.74, 6) is 0.612. The van der Waals surface area contributed by atoms with Gasteiger partial charge >= 0.3 is 0 Å². The third-order valence-electron chi connectivity index (χ3n) is 2.61. The Labute approximate surface area is 79.6 Å². The van der Waals surface area contributed by atoms with Crippen molar-refractivity contribution in [2.24, 2.45) is 10.9 Å². The molecular formula is C12H15N. The van der Waals surface area contributed by atoms with Crippen LogP contribution in [0.15, 0.2) is 40.6 Å². The zero-order valence-electron chi connectivity index (χ0n) is 8.25. The van der Waals surface area contributed by atoms with Crippen LogP contribution in [0.1, 0.15) is 26.7 Å². The Morgan fingerprint density at radius 1 is 1.38 bits per heavy atom. The third-order valence-corrected chi connectivity index (χ3v) is 2.61. The van der Waals surface area contributed by atoms with Crippen molar-refractivity contribution < 1.29 is 0 Å². The normalized spacial score (nSPS) is 25.1. The summed E-state index contributed by atoms with van der Waals surface area (Å²) in [5.41, 5.74) is 3.69. The molecule has 1 atom stereocenters. The first-order valence-corrected chi connectivity index (χ1v) is 5.03. The van der Waals surface area contributed by atoms with Crippen LogP contribution >= 0.6 is 0 Å². The smallest absolute Gasteiger partial charge is 0.0699 e. The van der Waals surface area contributed by atoms with Crippen LogP contribution in [0.25, 0.3) is 0 Å². The average molecular weight is 173 g/mol. The molecule has 0 radical (unpaired) electrons. The molecule has 1 aliphatic carbocycles. The number of rotatable bonds is 2. The molecule has 1 aliphatic heterocycles. The Balaban J connectivity index is 2.28. The summed E-state index contributed by atoms with van der Waals surface area (Å²) >= 11 is 0. The number of allylic oxidation sites excluding steroid dienone is 6. The summed E-state index contributed by atoms with van der Waals surface area (Å²) in [4.78, 5) is 4.52. The topological polar surface area (TPSA) is 12.4 Å². The molecule has 0 bridgehead atoms. The largest absolute Gasteiger partial charge is 0.253 e. The molecular weight excluding hydrogens is 158 g/mol. The average Bonchev–Trinajstić information content (AvgIpc) is 2.58. The van der Waals surface area contributed by atoms with E-state index in [0.29, 0.717) is 5.92 Å². The number of hydrogen-bond donors (Lipinski definition) is 0. The van der Waals surface area contributed by atoms with E-state index in [1.807, 2.05) is 0 Å². The Morgan fingerprint density at radius 3 is 2.92 bits per heavy atom. The van der Waals surface area contributed by atoms with Crippen molar-refractivity contribution in [1.82, 2.24) is 0 Å². The van der Waals surface area contributed by atoms with Gasteiger partial charge in [-0.05, 0) is 36.5 Å². The van der Waals surface area contributed by atoms with E-state index in [1.165, 1.54) is 17.7 Å². The summed E-state index contributed by atoms with van der Waals surface area (Å²) in [5, 5.41) is 0. The highest BCUT2D eigenvalue weighted by molar-refractivity contribution is 6.13. The van der Waals surface area contributed by atoms with Crippen LogP contribution < -0.4 is 0 Å². The molecule has 1 heteroatoms. The second-order valence-corrected chi connectivity index (χ2v) is 3.54. The molecule has 1 nitrogen and oxygen atoms in total. The summed E-state index contributed by atoms with van der Waals surface area (Å²) in [6.07, 6.45) is 11.1. The molecule has 68 valence electrons. The predicted molar refractivity (Wildman–Crippen MR) is 56.8 cm³/mol. The fourth-order valence-electron chi connectivity index (χ4n) is 1.71. The molecule has 0 spiro atoms. The van der Waals surface area contributed by atoms with E-state index >= 15 is 0 Å². The minimum Gasteiger partial charge on any atom is -0.253 e. The van der Waals surface area contributed by atoms with Crippen LogP contribution in [-0.4, -0.2) is 5.71 Å². The fraction of sp³-hybridized carbons (Fsp3) is 0.417. The lowest BCUT2D eigenvalue weighted by atomic mass is 9.94. The van der Waals surface area contributed by atoms with E-state index in [2.05, 4.69) is 43.1 Å². The second kappa shape index (κ2) is 3.33. The van der Waals surface area contributed by atoms with Gasteiger partial charge in [0.2, 0.25) is 0 Å². The van der Waals surface area contributed by atoms with E-state index < -0.39 is 0 Å². The van der Waals surface area contributed by atoms with Gasteiger partial charge in [0.05, 0.1) is 5.71 Å². The van der Waals surface area contributed by atoms with Crippen LogP contribution in [0.4, 0.5) is 0 Å². The summed E-state index contributed by atoms with van der Waals surface area (Å²) < 4.78 is 0.